The van der Waals surface area contributed by atoms with Crippen LogP contribution >= 0.6 is 22.7 Å². The minimum absolute atomic E-state index is 0.191. The highest BCUT2D eigenvalue weighted by atomic mass is 32.1. The van der Waals surface area contributed by atoms with Crippen LogP contribution in [0.2, 0.25) is 0 Å². The number of likely N-dealkylation sites (tertiary alicyclic amines) is 1. The lowest BCUT2D eigenvalue weighted by Gasteiger charge is -2.31. The van der Waals surface area contributed by atoms with Crippen molar-refractivity contribution in [1.82, 2.24) is 9.80 Å². The van der Waals surface area contributed by atoms with E-state index in [1.165, 1.54) is 16.2 Å². The molecule has 32 heavy (non-hydrogen) atoms. The van der Waals surface area contributed by atoms with Gasteiger partial charge in [0, 0.05) is 41.9 Å². The summed E-state index contributed by atoms with van der Waals surface area (Å²) in [5, 5.41) is 30.5. The van der Waals surface area contributed by atoms with Crippen LogP contribution in [0.15, 0.2) is 29.6 Å². The van der Waals surface area contributed by atoms with Crippen molar-refractivity contribution < 1.29 is 0 Å². The average molecular weight is 466 g/mol. The van der Waals surface area contributed by atoms with Gasteiger partial charge in [-0.25, -0.2) is 0 Å². The van der Waals surface area contributed by atoms with E-state index in [4.69, 9.17) is 5.26 Å². The molecule has 0 spiro atoms. The van der Waals surface area contributed by atoms with E-state index in [0.717, 1.165) is 56.9 Å². The van der Waals surface area contributed by atoms with Crippen molar-refractivity contribution >= 4 is 22.7 Å². The second kappa shape index (κ2) is 11.6. The van der Waals surface area contributed by atoms with Gasteiger partial charge in [0.2, 0.25) is 0 Å². The monoisotopic (exact) mass is 465 g/mol. The lowest BCUT2D eigenvalue weighted by molar-refractivity contribution is 0.187. The van der Waals surface area contributed by atoms with Crippen molar-refractivity contribution in [3.63, 3.8) is 0 Å². The predicted octanol–water partition coefficient (Wildman–Crippen LogP) is 5.37. The van der Waals surface area contributed by atoms with Gasteiger partial charge in [0.05, 0.1) is 17.6 Å². The Morgan fingerprint density at radius 2 is 2.09 bits per heavy atom. The zero-order chi connectivity index (χ0) is 23.0. The summed E-state index contributed by atoms with van der Waals surface area (Å²) in [5.74, 6) is 0.191. The molecule has 0 bridgehead atoms. The van der Waals surface area contributed by atoms with E-state index < -0.39 is 5.41 Å². The molecule has 0 amide bonds. The molecule has 3 rings (SSSR count). The summed E-state index contributed by atoms with van der Waals surface area (Å²) in [4.78, 5) is 8.02. The molecule has 1 saturated heterocycles. The number of nitriles is 3. The van der Waals surface area contributed by atoms with Crippen LogP contribution < -0.4 is 0 Å². The fourth-order valence-corrected chi connectivity index (χ4v) is 6.51. The maximum Gasteiger partial charge on any atom is 0.110 e. The van der Waals surface area contributed by atoms with Gasteiger partial charge in [-0.15, -0.1) is 22.7 Å². The van der Waals surface area contributed by atoms with Gasteiger partial charge in [0.25, 0.3) is 0 Å². The third-order valence-electron chi connectivity index (χ3n) is 6.60. The van der Waals surface area contributed by atoms with Crippen LogP contribution in [0, 0.1) is 39.9 Å². The van der Waals surface area contributed by atoms with Crippen LogP contribution in [-0.4, -0.2) is 42.0 Å². The van der Waals surface area contributed by atoms with Crippen molar-refractivity contribution in [2.24, 2.45) is 5.92 Å². The quantitative estimate of drug-likeness (QED) is 0.446. The van der Waals surface area contributed by atoms with E-state index in [0.29, 0.717) is 17.3 Å². The Hall–Kier alpha value is -2.21. The highest BCUT2D eigenvalue weighted by Crippen LogP contribution is 2.40. The van der Waals surface area contributed by atoms with Gasteiger partial charge < -0.3 is 4.90 Å². The summed E-state index contributed by atoms with van der Waals surface area (Å²) >= 11 is 3.24. The van der Waals surface area contributed by atoms with Crippen LogP contribution in [0.1, 0.15) is 54.2 Å². The minimum Gasteiger partial charge on any atom is -0.302 e. The first kappa shape index (κ1) is 24.4. The van der Waals surface area contributed by atoms with E-state index in [1.807, 2.05) is 12.1 Å². The smallest absolute Gasteiger partial charge is 0.110 e. The Morgan fingerprint density at radius 3 is 2.72 bits per heavy atom. The average Bonchev–Trinajstić information content (AvgIpc) is 3.56. The summed E-state index contributed by atoms with van der Waals surface area (Å²) in [6.07, 6.45) is 3.45. The van der Waals surface area contributed by atoms with Gasteiger partial charge in [-0.3, -0.25) is 4.90 Å². The molecule has 2 aromatic rings. The first-order chi connectivity index (χ1) is 15.5. The van der Waals surface area contributed by atoms with Gasteiger partial charge in [-0.05, 0) is 61.8 Å². The molecule has 0 N–H and O–H groups in total. The molecule has 0 saturated carbocycles. The number of thiophene rings is 2. The maximum absolute atomic E-state index is 10.1. The molecular formula is C25H31N5S2. The van der Waals surface area contributed by atoms with Gasteiger partial charge in [0.1, 0.15) is 10.9 Å². The van der Waals surface area contributed by atoms with Crippen LogP contribution in [0.3, 0.4) is 0 Å². The van der Waals surface area contributed by atoms with Gasteiger partial charge in [-0.2, -0.15) is 15.8 Å². The number of nitrogens with zero attached hydrogens (tertiary/aromatic N) is 5. The van der Waals surface area contributed by atoms with Gasteiger partial charge in [0.15, 0.2) is 0 Å². The van der Waals surface area contributed by atoms with E-state index in [1.54, 1.807) is 11.3 Å². The second-order valence-corrected chi connectivity index (χ2v) is 10.9. The molecule has 3 heterocycles. The van der Waals surface area contributed by atoms with Crippen LogP contribution in [0.5, 0.6) is 0 Å². The molecule has 0 aromatic carbocycles. The van der Waals surface area contributed by atoms with E-state index in [-0.39, 0.29) is 5.92 Å². The van der Waals surface area contributed by atoms with Crippen molar-refractivity contribution in [1.29, 1.82) is 15.8 Å². The summed E-state index contributed by atoms with van der Waals surface area (Å²) < 4.78 is 0. The molecular weight excluding hydrogens is 434 g/mol. The fraction of sp³-hybridized carbons (Fsp3) is 0.560. The molecule has 5 nitrogen and oxygen atoms in total. The second-order valence-electron chi connectivity index (χ2n) is 8.82. The van der Waals surface area contributed by atoms with E-state index in [2.05, 4.69) is 59.4 Å². The zero-order valence-corrected chi connectivity index (χ0v) is 20.6. The summed E-state index contributed by atoms with van der Waals surface area (Å²) in [6, 6.07) is 15.7. The predicted molar refractivity (Wildman–Crippen MR) is 130 cm³/mol. The van der Waals surface area contributed by atoms with Crippen LogP contribution in [0.25, 0.3) is 0 Å². The SMILES string of the molecule is CC(C)C(C#N)(CCCN1CC[C@@H](N(CCC#N)Cc2cccs2)C1)c1ccc(C#N)s1. The Balaban J connectivity index is 1.58. The third-order valence-corrected chi connectivity index (χ3v) is 8.63. The minimum atomic E-state index is -0.531. The number of hydrogen-bond acceptors (Lipinski definition) is 7. The van der Waals surface area contributed by atoms with Crippen molar-refractivity contribution in [3.05, 3.63) is 44.3 Å². The maximum atomic E-state index is 10.1. The molecule has 1 fully saturated rings. The molecule has 1 unspecified atom stereocenters. The normalized spacial score (nSPS) is 18.3. The first-order valence-electron chi connectivity index (χ1n) is 11.3. The molecule has 2 aromatic heterocycles. The van der Waals surface area contributed by atoms with Crippen LogP contribution in [-0.2, 0) is 12.0 Å². The van der Waals surface area contributed by atoms with Crippen molar-refractivity contribution in [2.75, 3.05) is 26.2 Å². The topological polar surface area (TPSA) is 77.8 Å². The highest BCUT2D eigenvalue weighted by molar-refractivity contribution is 7.12. The summed E-state index contributed by atoms with van der Waals surface area (Å²) in [7, 11) is 0. The van der Waals surface area contributed by atoms with E-state index >= 15 is 0 Å². The van der Waals surface area contributed by atoms with Gasteiger partial charge in [-0.1, -0.05) is 19.9 Å². The third kappa shape index (κ3) is 5.77. The Labute approximate surface area is 200 Å². The van der Waals surface area contributed by atoms with Crippen LogP contribution in [0.4, 0.5) is 0 Å². The molecule has 168 valence electrons. The molecule has 0 radical (unpaired) electrons. The molecule has 7 heteroatoms. The largest absolute Gasteiger partial charge is 0.302 e. The molecule has 1 aliphatic rings. The standard InChI is InChI=1S/C25H31N5S2/c1-20(2)25(19-28,24-8-7-22(16-27)32-24)10-4-12-29-14-9-21(17-29)30(13-5-11-26)18-23-6-3-15-31-23/h3,6-8,15,20-21H,4-5,9-10,12-14,17-18H2,1-2H3/t21-,25?/m1/s1. The number of hydrogen-bond donors (Lipinski definition) is 0. The fourth-order valence-electron chi connectivity index (χ4n) is 4.66. The molecule has 2 atom stereocenters. The Kier molecular flexibility index (Phi) is 8.85. The van der Waals surface area contributed by atoms with Crippen molar-refractivity contribution in [3.8, 4) is 18.2 Å². The summed E-state index contributed by atoms with van der Waals surface area (Å²) in [6.45, 7) is 9.03. The molecule has 0 aliphatic carbocycles. The lowest BCUT2D eigenvalue weighted by Crippen LogP contribution is -2.38. The highest BCUT2D eigenvalue weighted by Gasteiger charge is 2.37. The molecule has 1 aliphatic heterocycles. The number of rotatable bonds is 11. The Morgan fingerprint density at radius 1 is 1.25 bits per heavy atom. The lowest BCUT2D eigenvalue weighted by atomic mass is 9.73. The first-order valence-corrected chi connectivity index (χ1v) is 13.0. The Bertz CT molecular complexity index is 975. The zero-order valence-electron chi connectivity index (χ0n) is 19.0. The summed E-state index contributed by atoms with van der Waals surface area (Å²) in [5.41, 5.74) is -0.531. The van der Waals surface area contributed by atoms with Gasteiger partial charge >= 0.3 is 0 Å². The van der Waals surface area contributed by atoms with E-state index in [9.17, 15) is 10.5 Å². The van der Waals surface area contributed by atoms with Crippen molar-refractivity contribution in [2.45, 2.75) is 57.5 Å².